The first-order valence-electron chi connectivity index (χ1n) is 11.5. The first-order valence-corrected chi connectivity index (χ1v) is 11.5. The van der Waals surface area contributed by atoms with Crippen LogP contribution in [-0.4, -0.2) is 35.9 Å². The van der Waals surface area contributed by atoms with Crippen LogP contribution in [0.5, 0.6) is 5.75 Å². The van der Waals surface area contributed by atoms with Crippen molar-refractivity contribution >= 4 is 5.91 Å². The molecule has 1 saturated heterocycles. The van der Waals surface area contributed by atoms with Crippen molar-refractivity contribution in [3.63, 3.8) is 0 Å². The monoisotopic (exact) mass is 461 g/mol. The van der Waals surface area contributed by atoms with E-state index in [2.05, 4.69) is 15.2 Å². The molecule has 178 valence electrons. The number of nitrogens with one attached hydrogen (secondary N) is 1. The number of ether oxygens (including phenoxy) is 1. The molecule has 2 fully saturated rings. The molecule has 2 heterocycles. The third kappa shape index (κ3) is 5.85. The molecule has 4 rings (SSSR count). The lowest BCUT2D eigenvalue weighted by molar-refractivity contribution is -0.138. The Kier molecular flexibility index (Phi) is 7.22. The molecule has 0 spiro atoms. The molecule has 2 aliphatic rings. The van der Waals surface area contributed by atoms with Crippen LogP contribution >= 0.6 is 0 Å². The lowest BCUT2D eigenvalue weighted by atomic mass is 9.81. The molecule has 1 aromatic carbocycles. The summed E-state index contributed by atoms with van der Waals surface area (Å²) in [5.41, 5.74) is 1.23. The van der Waals surface area contributed by atoms with E-state index in [1.54, 1.807) is 31.4 Å². The summed E-state index contributed by atoms with van der Waals surface area (Å²) in [6, 6.07) is 8.24. The summed E-state index contributed by atoms with van der Waals surface area (Å²) in [7, 11) is 1.64. The van der Waals surface area contributed by atoms with Crippen LogP contribution in [0.2, 0.25) is 0 Å². The number of hydrogen-bond donors (Lipinski definition) is 1. The van der Waals surface area contributed by atoms with Crippen molar-refractivity contribution in [2.45, 2.75) is 57.3 Å². The molecule has 1 amide bonds. The average molecular weight is 462 g/mol. The number of likely N-dealkylation sites (tertiary alicyclic amines) is 1. The molecule has 33 heavy (non-hydrogen) atoms. The second kappa shape index (κ2) is 10.1. The van der Waals surface area contributed by atoms with Gasteiger partial charge in [0.15, 0.2) is 0 Å². The van der Waals surface area contributed by atoms with Crippen LogP contribution < -0.4 is 10.1 Å². The van der Waals surface area contributed by atoms with Crippen LogP contribution in [0.4, 0.5) is 13.2 Å². The van der Waals surface area contributed by atoms with Crippen LogP contribution in [0, 0.1) is 5.92 Å². The molecule has 0 bridgehead atoms. The molecule has 1 aromatic heterocycles. The van der Waals surface area contributed by atoms with Gasteiger partial charge < -0.3 is 10.1 Å². The molecule has 5 nitrogen and oxygen atoms in total. The van der Waals surface area contributed by atoms with Crippen LogP contribution in [0.1, 0.15) is 60.4 Å². The fourth-order valence-corrected chi connectivity index (χ4v) is 4.76. The first kappa shape index (κ1) is 23.5. The number of halogens is 3. The van der Waals surface area contributed by atoms with Crippen molar-refractivity contribution in [1.82, 2.24) is 15.2 Å². The highest BCUT2D eigenvalue weighted by atomic mass is 19.4. The Morgan fingerprint density at radius 1 is 1.15 bits per heavy atom. The summed E-state index contributed by atoms with van der Waals surface area (Å²) in [6.07, 6.45) is 1.93. The standard InChI is InChI=1S/C25H30F3N3O2/c1-29-24(32)19-13-31(14-19)15-20-8-9-21(12-30-20)33-16-17-7-10-22(18-5-3-2-4-6-18)23(11-17)25(26,27)28/h7-12,18-19H,2-6,13-16H2,1H3,(H,29,32). The van der Waals surface area contributed by atoms with Gasteiger partial charge in [-0.3, -0.25) is 14.7 Å². The Bertz CT molecular complexity index is 950. The minimum atomic E-state index is -4.38. The van der Waals surface area contributed by atoms with Crippen molar-refractivity contribution in [3.8, 4) is 5.75 Å². The number of carbonyl (C=O) groups is 1. The van der Waals surface area contributed by atoms with Crippen molar-refractivity contribution < 1.29 is 22.7 Å². The smallest absolute Gasteiger partial charge is 0.416 e. The molecular weight excluding hydrogens is 431 g/mol. The first-order chi connectivity index (χ1) is 15.8. The molecule has 0 unspecified atom stereocenters. The van der Waals surface area contributed by atoms with Gasteiger partial charge >= 0.3 is 6.18 Å². The fraction of sp³-hybridized carbons (Fsp3) is 0.520. The molecular formula is C25H30F3N3O2. The highest BCUT2D eigenvalue weighted by Crippen LogP contribution is 2.41. The third-order valence-electron chi connectivity index (χ3n) is 6.63. The second-order valence-corrected chi connectivity index (χ2v) is 9.03. The Balaban J connectivity index is 1.34. The minimum absolute atomic E-state index is 0.0138. The lowest BCUT2D eigenvalue weighted by Crippen LogP contribution is -2.52. The van der Waals surface area contributed by atoms with E-state index in [1.165, 1.54) is 6.07 Å². The highest BCUT2D eigenvalue weighted by Gasteiger charge is 2.36. The zero-order valence-electron chi connectivity index (χ0n) is 18.8. The molecule has 1 aliphatic heterocycles. The van der Waals surface area contributed by atoms with E-state index in [4.69, 9.17) is 4.74 Å². The number of benzene rings is 1. The number of nitrogens with zero attached hydrogens (tertiary/aromatic N) is 2. The van der Waals surface area contributed by atoms with E-state index in [1.807, 2.05) is 6.07 Å². The lowest BCUT2D eigenvalue weighted by Gasteiger charge is -2.37. The second-order valence-electron chi connectivity index (χ2n) is 9.03. The van der Waals surface area contributed by atoms with Gasteiger partial charge in [-0.1, -0.05) is 31.4 Å². The third-order valence-corrected chi connectivity index (χ3v) is 6.63. The number of rotatable bonds is 7. The van der Waals surface area contributed by atoms with E-state index < -0.39 is 11.7 Å². The van der Waals surface area contributed by atoms with Crippen LogP contribution in [0.3, 0.4) is 0 Å². The summed E-state index contributed by atoms with van der Waals surface area (Å²) >= 11 is 0. The zero-order valence-corrected chi connectivity index (χ0v) is 18.8. The van der Waals surface area contributed by atoms with Crippen molar-refractivity contribution in [2.24, 2.45) is 5.92 Å². The number of pyridine rings is 1. The van der Waals surface area contributed by atoms with Crippen molar-refractivity contribution in [3.05, 3.63) is 58.9 Å². The van der Waals surface area contributed by atoms with Crippen LogP contribution in [0.25, 0.3) is 0 Å². The average Bonchev–Trinajstić information content (AvgIpc) is 2.80. The van der Waals surface area contributed by atoms with Crippen molar-refractivity contribution in [2.75, 3.05) is 20.1 Å². The summed E-state index contributed by atoms with van der Waals surface area (Å²) in [5, 5.41) is 2.66. The predicted molar refractivity (Wildman–Crippen MR) is 119 cm³/mol. The largest absolute Gasteiger partial charge is 0.487 e. The topological polar surface area (TPSA) is 54.5 Å². The van der Waals surface area contributed by atoms with E-state index in [9.17, 15) is 18.0 Å². The molecule has 0 radical (unpaired) electrons. The van der Waals surface area contributed by atoms with E-state index >= 15 is 0 Å². The van der Waals surface area contributed by atoms with Gasteiger partial charge in [0.2, 0.25) is 5.91 Å². The Hall–Kier alpha value is -2.61. The Labute approximate surface area is 192 Å². The maximum atomic E-state index is 13.7. The maximum absolute atomic E-state index is 13.7. The number of amides is 1. The normalized spacial score (nSPS) is 18.1. The summed E-state index contributed by atoms with van der Waals surface area (Å²) < 4.78 is 46.9. The van der Waals surface area contributed by atoms with E-state index in [0.717, 1.165) is 37.8 Å². The molecule has 8 heteroatoms. The van der Waals surface area contributed by atoms with Gasteiger partial charge in [-0.2, -0.15) is 13.2 Å². The highest BCUT2D eigenvalue weighted by molar-refractivity contribution is 5.79. The molecule has 0 atom stereocenters. The fourth-order valence-electron chi connectivity index (χ4n) is 4.76. The molecule has 1 saturated carbocycles. The van der Waals surface area contributed by atoms with Gasteiger partial charge in [-0.15, -0.1) is 0 Å². The minimum Gasteiger partial charge on any atom is -0.487 e. The number of hydrogen-bond acceptors (Lipinski definition) is 4. The molecule has 1 N–H and O–H groups in total. The van der Waals surface area contributed by atoms with Gasteiger partial charge in [-0.25, -0.2) is 0 Å². The molecule has 2 aromatic rings. The zero-order chi connectivity index (χ0) is 23.4. The summed E-state index contributed by atoms with van der Waals surface area (Å²) in [4.78, 5) is 18.1. The van der Waals surface area contributed by atoms with Crippen LogP contribution in [-0.2, 0) is 24.1 Å². The van der Waals surface area contributed by atoms with Gasteiger partial charge in [-0.05, 0) is 48.1 Å². The van der Waals surface area contributed by atoms with Crippen LogP contribution in [0.15, 0.2) is 36.5 Å². The van der Waals surface area contributed by atoms with Gasteiger partial charge in [0.1, 0.15) is 12.4 Å². The summed E-state index contributed by atoms with van der Waals surface area (Å²) in [6.45, 7) is 2.11. The molecule has 1 aliphatic carbocycles. The maximum Gasteiger partial charge on any atom is 0.416 e. The van der Waals surface area contributed by atoms with Gasteiger partial charge in [0.25, 0.3) is 0 Å². The van der Waals surface area contributed by atoms with Crippen molar-refractivity contribution in [1.29, 1.82) is 0 Å². The number of carbonyl (C=O) groups excluding carboxylic acids is 1. The SMILES string of the molecule is CNC(=O)C1CN(Cc2ccc(OCc3ccc(C4CCCCC4)c(C(F)(F)F)c3)cn2)C1. The Morgan fingerprint density at radius 3 is 2.55 bits per heavy atom. The van der Waals surface area contributed by atoms with Gasteiger partial charge in [0.05, 0.1) is 23.4 Å². The predicted octanol–water partition coefficient (Wildman–Crippen LogP) is 4.90. The number of alkyl halides is 3. The van der Waals surface area contributed by atoms with Gasteiger partial charge in [0, 0.05) is 26.7 Å². The Morgan fingerprint density at radius 2 is 1.91 bits per heavy atom. The number of aromatic nitrogens is 1. The summed E-state index contributed by atoms with van der Waals surface area (Å²) in [5.74, 6) is 0.586. The van der Waals surface area contributed by atoms with E-state index in [0.29, 0.717) is 36.5 Å². The van der Waals surface area contributed by atoms with E-state index in [-0.39, 0.29) is 24.3 Å². The quantitative estimate of drug-likeness (QED) is 0.637.